The number of nitrogens with zero attached hydrogens (tertiary/aromatic N) is 1. The van der Waals surface area contributed by atoms with Crippen molar-refractivity contribution in [3.63, 3.8) is 0 Å². The maximum Gasteiger partial charge on any atom is 0.319 e. The van der Waals surface area contributed by atoms with Crippen molar-refractivity contribution in [2.75, 3.05) is 18.5 Å². The number of benzene rings is 1. The SMILES string of the molecule is CCCC(CCO)CNC(=O)Nc1ccc2nc(C)oc2c1. The molecule has 22 heavy (non-hydrogen) atoms. The van der Waals surface area contributed by atoms with Crippen molar-refractivity contribution < 1.29 is 14.3 Å². The zero-order chi connectivity index (χ0) is 15.9. The molecule has 0 radical (unpaired) electrons. The van der Waals surface area contributed by atoms with Crippen LogP contribution in [-0.4, -0.2) is 29.3 Å². The van der Waals surface area contributed by atoms with Crippen LogP contribution in [0.4, 0.5) is 10.5 Å². The quantitative estimate of drug-likeness (QED) is 0.733. The lowest BCUT2D eigenvalue weighted by atomic mass is 10.0. The van der Waals surface area contributed by atoms with E-state index in [0.29, 0.717) is 36.0 Å². The molecule has 1 aromatic carbocycles. The third-order valence-electron chi connectivity index (χ3n) is 3.54. The average molecular weight is 305 g/mol. The van der Waals surface area contributed by atoms with E-state index in [1.165, 1.54) is 0 Å². The first-order valence-corrected chi connectivity index (χ1v) is 7.65. The summed E-state index contributed by atoms with van der Waals surface area (Å²) in [5.74, 6) is 0.906. The molecule has 1 atom stereocenters. The van der Waals surface area contributed by atoms with Crippen LogP contribution in [-0.2, 0) is 0 Å². The molecule has 0 spiro atoms. The molecule has 2 aromatic rings. The first-order chi connectivity index (χ1) is 10.6. The highest BCUT2D eigenvalue weighted by Crippen LogP contribution is 2.19. The molecule has 0 bridgehead atoms. The van der Waals surface area contributed by atoms with Crippen LogP contribution in [0.5, 0.6) is 0 Å². The van der Waals surface area contributed by atoms with Gasteiger partial charge in [-0.3, -0.25) is 0 Å². The molecule has 2 amide bonds. The van der Waals surface area contributed by atoms with Gasteiger partial charge in [0.25, 0.3) is 0 Å². The van der Waals surface area contributed by atoms with E-state index < -0.39 is 0 Å². The number of hydrogen-bond donors (Lipinski definition) is 3. The highest BCUT2D eigenvalue weighted by Gasteiger charge is 2.10. The maximum absolute atomic E-state index is 11.9. The van der Waals surface area contributed by atoms with Gasteiger partial charge in [0, 0.05) is 31.8 Å². The third-order valence-corrected chi connectivity index (χ3v) is 3.54. The van der Waals surface area contributed by atoms with Gasteiger partial charge in [0.2, 0.25) is 0 Å². The molecule has 1 unspecified atom stereocenters. The number of nitrogens with one attached hydrogen (secondary N) is 2. The van der Waals surface area contributed by atoms with Crippen LogP contribution in [0.15, 0.2) is 22.6 Å². The lowest BCUT2D eigenvalue weighted by Gasteiger charge is -2.16. The molecule has 120 valence electrons. The normalized spacial score (nSPS) is 12.3. The molecule has 6 heteroatoms. The summed E-state index contributed by atoms with van der Waals surface area (Å²) in [5.41, 5.74) is 2.09. The second kappa shape index (κ2) is 7.79. The number of urea groups is 1. The fraction of sp³-hybridized carbons (Fsp3) is 0.500. The van der Waals surface area contributed by atoms with Gasteiger partial charge in [-0.05, 0) is 30.9 Å². The molecule has 2 rings (SSSR count). The van der Waals surface area contributed by atoms with E-state index in [9.17, 15) is 4.79 Å². The average Bonchev–Trinajstić information content (AvgIpc) is 2.84. The molecule has 1 aromatic heterocycles. The van der Waals surface area contributed by atoms with E-state index in [0.717, 1.165) is 18.4 Å². The molecule has 1 heterocycles. The summed E-state index contributed by atoms with van der Waals surface area (Å²) < 4.78 is 5.44. The Bertz CT molecular complexity index is 618. The van der Waals surface area contributed by atoms with Crippen molar-refractivity contribution in [1.29, 1.82) is 0 Å². The molecular formula is C16H23N3O3. The summed E-state index contributed by atoms with van der Waals surface area (Å²) >= 11 is 0. The molecule has 0 fully saturated rings. The molecule has 0 aliphatic rings. The highest BCUT2D eigenvalue weighted by atomic mass is 16.3. The van der Waals surface area contributed by atoms with Crippen LogP contribution in [0.3, 0.4) is 0 Å². The van der Waals surface area contributed by atoms with Crippen LogP contribution in [0.25, 0.3) is 11.1 Å². The van der Waals surface area contributed by atoms with Crippen LogP contribution in [0.1, 0.15) is 32.1 Å². The van der Waals surface area contributed by atoms with Gasteiger partial charge in [-0.15, -0.1) is 0 Å². The molecule has 6 nitrogen and oxygen atoms in total. The minimum Gasteiger partial charge on any atom is -0.441 e. The zero-order valence-corrected chi connectivity index (χ0v) is 13.1. The predicted octanol–water partition coefficient (Wildman–Crippen LogP) is 3.06. The number of anilines is 1. The maximum atomic E-state index is 11.9. The number of carbonyl (C=O) groups excluding carboxylic acids is 1. The number of aliphatic hydroxyl groups is 1. The minimum atomic E-state index is -0.255. The minimum absolute atomic E-state index is 0.148. The lowest BCUT2D eigenvalue weighted by Crippen LogP contribution is -2.33. The molecular weight excluding hydrogens is 282 g/mol. The Labute approximate surface area is 129 Å². The van der Waals surface area contributed by atoms with Crippen molar-refractivity contribution in [1.82, 2.24) is 10.3 Å². The summed E-state index contributed by atoms with van der Waals surface area (Å²) in [5, 5.41) is 14.7. The fourth-order valence-electron chi connectivity index (χ4n) is 2.47. The Morgan fingerprint density at radius 3 is 2.95 bits per heavy atom. The second-order valence-electron chi connectivity index (χ2n) is 5.42. The Kier molecular flexibility index (Phi) is 5.77. The van der Waals surface area contributed by atoms with E-state index >= 15 is 0 Å². The highest BCUT2D eigenvalue weighted by molar-refractivity contribution is 5.91. The molecule has 0 saturated heterocycles. The summed E-state index contributed by atoms with van der Waals surface area (Å²) in [6.45, 7) is 4.59. The lowest BCUT2D eigenvalue weighted by molar-refractivity contribution is 0.237. The van der Waals surface area contributed by atoms with E-state index in [1.54, 1.807) is 19.1 Å². The summed E-state index contributed by atoms with van der Waals surface area (Å²) in [4.78, 5) is 16.2. The van der Waals surface area contributed by atoms with E-state index in [-0.39, 0.29) is 12.6 Å². The Morgan fingerprint density at radius 1 is 1.41 bits per heavy atom. The largest absolute Gasteiger partial charge is 0.441 e. The first kappa shape index (κ1) is 16.3. The van der Waals surface area contributed by atoms with E-state index in [1.807, 2.05) is 6.07 Å². The summed E-state index contributed by atoms with van der Waals surface area (Å²) in [7, 11) is 0. The first-order valence-electron chi connectivity index (χ1n) is 7.65. The van der Waals surface area contributed by atoms with Gasteiger partial charge in [0.15, 0.2) is 11.5 Å². The number of oxazole rings is 1. The second-order valence-corrected chi connectivity index (χ2v) is 5.42. The van der Waals surface area contributed by atoms with Gasteiger partial charge >= 0.3 is 6.03 Å². The van der Waals surface area contributed by atoms with Crippen LogP contribution >= 0.6 is 0 Å². The number of carbonyl (C=O) groups is 1. The van der Waals surface area contributed by atoms with Crippen molar-refractivity contribution in [2.24, 2.45) is 5.92 Å². The summed E-state index contributed by atoms with van der Waals surface area (Å²) in [6.07, 6.45) is 2.73. The number of rotatable bonds is 7. The van der Waals surface area contributed by atoms with Gasteiger partial charge in [0.1, 0.15) is 5.52 Å². The van der Waals surface area contributed by atoms with Crippen molar-refractivity contribution >= 4 is 22.8 Å². The number of aliphatic hydroxyl groups excluding tert-OH is 1. The molecule has 0 aliphatic heterocycles. The Hall–Kier alpha value is -2.08. The van der Waals surface area contributed by atoms with Crippen molar-refractivity contribution in [3.05, 3.63) is 24.1 Å². The number of hydrogen-bond acceptors (Lipinski definition) is 4. The molecule has 3 N–H and O–H groups in total. The van der Waals surface area contributed by atoms with Gasteiger partial charge in [-0.1, -0.05) is 13.3 Å². The van der Waals surface area contributed by atoms with Gasteiger partial charge in [-0.25, -0.2) is 9.78 Å². The van der Waals surface area contributed by atoms with E-state index in [4.69, 9.17) is 9.52 Å². The number of aromatic nitrogens is 1. The van der Waals surface area contributed by atoms with Crippen LogP contribution in [0, 0.1) is 12.8 Å². The monoisotopic (exact) mass is 305 g/mol. The predicted molar refractivity (Wildman–Crippen MR) is 85.9 cm³/mol. The van der Waals surface area contributed by atoms with Gasteiger partial charge in [0.05, 0.1) is 0 Å². The van der Waals surface area contributed by atoms with Gasteiger partial charge in [-0.2, -0.15) is 0 Å². The molecule has 0 aliphatic carbocycles. The zero-order valence-electron chi connectivity index (χ0n) is 13.1. The Morgan fingerprint density at radius 2 is 2.23 bits per heavy atom. The Balaban J connectivity index is 1.89. The van der Waals surface area contributed by atoms with Crippen molar-refractivity contribution in [2.45, 2.75) is 33.1 Å². The number of aryl methyl sites for hydroxylation is 1. The van der Waals surface area contributed by atoms with Crippen LogP contribution in [0.2, 0.25) is 0 Å². The van der Waals surface area contributed by atoms with Crippen LogP contribution < -0.4 is 10.6 Å². The topological polar surface area (TPSA) is 87.4 Å². The molecule has 0 saturated carbocycles. The van der Waals surface area contributed by atoms with Crippen molar-refractivity contribution in [3.8, 4) is 0 Å². The standard InChI is InChI=1S/C16H23N3O3/c1-3-4-12(7-8-20)10-17-16(21)19-13-5-6-14-15(9-13)22-11(2)18-14/h5-6,9,12,20H,3-4,7-8,10H2,1-2H3,(H2,17,19,21). The number of fused-ring (bicyclic) bond motifs is 1. The third kappa shape index (κ3) is 4.46. The van der Waals surface area contributed by atoms with E-state index in [2.05, 4.69) is 22.5 Å². The number of amides is 2. The van der Waals surface area contributed by atoms with Gasteiger partial charge < -0.3 is 20.2 Å². The smallest absolute Gasteiger partial charge is 0.319 e. The fourth-order valence-corrected chi connectivity index (χ4v) is 2.47. The summed E-state index contributed by atoms with van der Waals surface area (Å²) in [6, 6.07) is 5.11.